The summed E-state index contributed by atoms with van der Waals surface area (Å²) in [5.74, 6) is -0.903. The van der Waals surface area contributed by atoms with Gasteiger partial charge in [0.05, 0.1) is 6.42 Å². The number of carboxylic acid groups (broad SMARTS) is 1. The summed E-state index contributed by atoms with van der Waals surface area (Å²) in [7, 11) is 0. The monoisotopic (exact) mass is 239 g/mol. The van der Waals surface area contributed by atoms with E-state index in [9.17, 15) is 9.59 Å². The fourth-order valence-corrected chi connectivity index (χ4v) is 2.11. The van der Waals surface area contributed by atoms with E-state index in [2.05, 4.69) is 17.5 Å². The summed E-state index contributed by atoms with van der Waals surface area (Å²) in [6.07, 6.45) is 7.34. The van der Waals surface area contributed by atoms with Crippen molar-refractivity contribution < 1.29 is 14.7 Å². The lowest BCUT2D eigenvalue weighted by Crippen LogP contribution is -2.37. The number of rotatable bonds is 5. The average molecular weight is 239 g/mol. The van der Waals surface area contributed by atoms with Gasteiger partial charge in [0.1, 0.15) is 0 Å². The summed E-state index contributed by atoms with van der Waals surface area (Å²) in [5.41, 5.74) is -0.486. The molecule has 0 fully saturated rings. The average Bonchev–Trinajstić information content (AvgIpc) is 2.15. The number of carbonyl (C=O) groups excluding carboxylic acids is 1. The smallest absolute Gasteiger partial charge is 0.303 e. The van der Waals surface area contributed by atoms with Crippen LogP contribution in [0.1, 0.15) is 46.0 Å². The van der Waals surface area contributed by atoms with Gasteiger partial charge in [-0.1, -0.05) is 26.0 Å². The normalized spacial score (nSPS) is 20.0. The van der Waals surface area contributed by atoms with Gasteiger partial charge in [-0.2, -0.15) is 0 Å². The molecule has 1 rings (SSSR count). The Balaban J connectivity index is 2.37. The summed E-state index contributed by atoms with van der Waals surface area (Å²) in [4.78, 5) is 22.4. The molecule has 0 spiro atoms. The van der Waals surface area contributed by atoms with E-state index >= 15 is 0 Å². The van der Waals surface area contributed by atoms with Gasteiger partial charge in [0.15, 0.2) is 0 Å². The number of hydrogen-bond acceptors (Lipinski definition) is 2. The highest BCUT2D eigenvalue weighted by molar-refractivity contribution is 5.78. The Labute approximate surface area is 102 Å². The Morgan fingerprint density at radius 3 is 2.59 bits per heavy atom. The molecule has 0 aromatic heterocycles. The number of amides is 1. The molecule has 0 radical (unpaired) electrons. The minimum absolute atomic E-state index is 0.0188. The molecule has 1 unspecified atom stereocenters. The Bertz CT molecular complexity index is 321. The van der Waals surface area contributed by atoms with Gasteiger partial charge in [0.25, 0.3) is 0 Å². The van der Waals surface area contributed by atoms with Gasteiger partial charge >= 0.3 is 5.97 Å². The molecule has 1 aliphatic rings. The van der Waals surface area contributed by atoms with Crippen molar-refractivity contribution in [3.63, 3.8) is 0 Å². The summed E-state index contributed by atoms with van der Waals surface area (Å²) in [6.45, 7) is 3.61. The third-order valence-electron chi connectivity index (χ3n) is 2.90. The summed E-state index contributed by atoms with van der Waals surface area (Å²) in [6, 6.07) is 0.216. The van der Waals surface area contributed by atoms with E-state index < -0.39 is 11.4 Å². The van der Waals surface area contributed by atoms with E-state index in [1.165, 1.54) is 0 Å². The van der Waals surface area contributed by atoms with Gasteiger partial charge in [0, 0.05) is 12.5 Å². The summed E-state index contributed by atoms with van der Waals surface area (Å²) in [5, 5.41) is 11.7. The van der Waals surface area contributed by atoms with Gasteiger partial charge in [-0.05, 0) is 24.7 Å². The molecule has 0 saturated carbocycles. The first-order valence-electron chi connectivity index (χ1n) is 6.05. The molecule has 96 valence electrons. The van der Waals surface area contributed by atoms with Crippen molar-refractivity contribution in [3.8, 4) is 0 Å². The van der Waals surface area contributed by atoms with E-state index in [1.54, 1.807) is 0 Å². The molecule has 4 heteroatoms. The van der Waals surface area contributed by atoms with Crippen LogP contribution < -0.4 is 5.32 Å². The Morgan fingerprint density at radius 1 is 1.35 bits per heavy atom. The van der Waals surface area contributed by atoms with Crippen LogP contribution in [0.3, 0.4) is 0 Å². The topological polar surface area (TPSA) is 66.4 Å². The molecule has 0 aromatic carbocycles. The zero-order valence-electron chi connectivity index (χ0n) is 10.5. The second-order valence-electron chi connectivity index (χ2n) is 5.46. The molecule has 0 bridgehead atoms. The molecule has 0 saturated heterocycles. The molecular weight excluding hydrogens is 218 g/mol. The van der Waals surface area contributed by atoms with Crippen LogP contribution in [0.15, 0.2) is 12.2 Å². The minimum atomic E-state index is -0.858. The van der Waals surface area contributed by atoms with Crippen LogP contribution in [-0.2, 0) is 9.59 Å². The minimum Gasteiger partial charge on any atom is -0.481 e. The number of carbonyl (C=O) groups is 2. The van der Waals surface area contributed by atoms with Gasteiger partial charge in [-0.25, -0.2) is 0 Å². The lowest BCUT2D eigenvalue weighted by molar-refractivity contribution is -0.139. The van der Waals surface area contributed by atoms with Crippen LogP contribution in [0.4, 0.5) is 0 Å². The fourth-order valence-electron chi connectivity index (χ4n) is 2.11. The van der Waals surface area contributed by atoms with Crippen LogP contribution in [0.5, 0.6) is 0 Å². The lowest BCUT2D eigenvalue weighted by atomic mass is 9.85. The Morgan fingerprint density at radius 2 is 2.06 bits per heavy atom. The first kappa shape index (κ1) is 13.7. The van der Waals surface area contributed by atoms with Crippen molar-refractivity contribution in [2.45, 2.75) is 52.0 Å². The van der Waals surface area contributed by atoms with E-state index in [0.29, 0.717) is 0 Å². The van der Waals surface area contributed by atoms with E-state index in [0.717, 1.165) is 19.3 Å². The number of nitrogens with one attached hydrogen (secondary N) is 1. The molecule has 1 amide bonds. The zero-order valence-corrected chi connectivity index (χ0v) is 10.5. The summed E-state index contributed by atoms with van der Waals surface area (Å²) >= 11 is 0. The van der Waals surface area contributed by atoms with Crippen LogP contribution in [0, 0.1) is 5.41 Å². The van der Waals surface area contributed by atoms with Crippen LogP contribution in [0.25, 0.3) is 0 Å². The maximum absolute atomic E-state index is 11.8. The number of allylic oxidation sites excluding steroid dienone is 1. The largest absolute Gasteiger partial charge is 0.481 e. The maximum Gasteiger partial charge on any atom is 0.303 e. The van der Waals surface area contributed by atoms with Crippen molar-refractivity contribution in [2.24, 2.45) is 5.41 Å². The first-order valence-corrected chi connectivity index (χ1v) is 6.05. The van der Waals surface area contributed by atoms with Gasteiger partial charge < -0.3 is 10.4 Å². The number of aliphatic carboxylic acids is 1. The molecule has 0 aliphatic heterocycles. The molecule has 1 aliphatic carbocycles. The van der Waals surface area contributed by atoms with Gasteiger partial charge in [0.2, 0.25) is 5.91 Å². The first-order chi connectivity index (χ1) is 7.89. The maximum atomic E-state index is 11.8. The van der Waals surface area contributed by atoms with E-state index in [4.69, 9.17) is 5.11 Å². The molecule has 2 N–H and O–H groups in total. The highest BCUT2D eigenvalue weighted by atomic mass is 16.4. The number of hydrogen-bond donors (Lipinski definition) is 2. The molecule has 4 nitrogen and oxygen atoms in total. The Hall–Kier alpha value is -1.32. The summed E-state index contributed by atoms with van der Waals surface area (Å²) < 4.78 is 0. The van der Waals surface area contributed by atoms with Crippen molar-refractivity contribution in [2.75, 3.05) is 0 Å². The predicted octanol–water partition coefficient (Wildman–Crippen LogP) is 2.10. The molecule has 17 heavy (non-hydrogen) atoms. The third kappa shape index (κ3) is 5.52. The molecule has 0 aromatic rings. The molecule has 1 atom stereocenters. The van der Waals surface area contributed by atoms with E-state index in [-0.39, 0.29) is 24.8 Å². The van der Waals surface area contributed by atoms with Gasteiger partial charge in [-0.15, -0.1) is 0 Å². The third-order valence-corrected chi connectivity index (χ3v) is 2.90. The van der Waals surface area contributed by atoms with Crippen LogP contribution >= 0.6 is 0 Å². The van der Waals surface area contributed by atoms with Gasteiger partial charge in [-0.3, -0.25) is 9.59 Å². The predicted molar refractivity (Wildman–Crippen MR) is 65.6 cm³/mol. The van der Waals surface area contributed by atoms with Crippen molar-refractivity contribution in [1.29, 1.82) is 0 Å². The standard InChI is InChI=1S/C13H21NO3/c1-13(2,9-12(16)17)8-11(15)14-10-6-4-3-5-7-10/h3-4,10H,5-9H2,1-2H3,(H,14,15)(H,16,17). The molecule has 0 heterocycles. The van der Waals surface area contributed by atoms with Crippen LogP contribution in [-0.4, -0.2) is 23.0 Å². The van der Waals surface area contributed by atoms with Crippen molar-refractivity contribution in [1.82, 2.24) is 5.32 Å². The highest BCUT2D eigenvalue weighted by Crippen LogP contribution is 2.25. The van der Waals surface area contributed by atoms with Crippen molar-refractivity contribution in [3.05, 3.63) is 12.2 Å². The van der Waals surface area contributed by atoms with E-state index in [1.807, 2.05) is 13.8 Å². The fraction of sp³-hybridized carbons (Fsp3) is 0.692. The number of carboxylic acids is 1. The SMILES string of the molecule is CC(C)(CC(=O)O)CC(=O)NC1CC=CCC1. The van der Waals surface area contributed by atoms with Crippen LogP contribution in [0.2, 0.25) is 0 Å². The van der Waals surface area contributed by atoms with Crippen molar-refractivity contribution >= 4 is 11.9 Å². The second kappa shape index (κ2) is 5.84. The quantitative estimate of drug-likeness (QED) is 0.722. The Kier molecular flexibility index (Phi) is 4.73. The second-order valence-corrected chi connectivity index (χ2v) is 5.46. The molecular formula is C13H21NO3. The zero-order chi connectivity index (χ0) is 12.9. The lowest BCUT2D eigenvalue weighted by Gasteiger charge is -2.24. The highest BCUT2D eigenvalue weighted by Gasteiger charge is 2.26.